The molecule has 24 heavy (non-hydrogen) atoms. The molecule has 1 atom stereocenters. The summed E-state index contributed by atoms with van der Waals surface area (Å²) in [6.45, 7) is 3.06. The van der Waals surface area contributed by atoms with Crippen LogP contribution in [0.1, 0.15) is 22.8 Å². The lowest BCUT2D eigenvalue weighted by molar-refractivity contribution is 0.0615. The number of nitrogens with zero attached hydrogens (tertiary/aromatic N) is 1. The van der Waals surface area contributed by atoms with Gasteiger partial charge in [-0.3, -0.25) is 4.79 Å². The van der Waals surface area contributed by atoms with E-state index in [1.807, 2.05) is 62.5 Å². The van der Waals surface area contributed by atoms with Crippen molar-refractivity contribution in [3.8, 4) is 5.75 Å². The number of carbonyl (C=O) groups is 1. The summed E-state index contributed by atoms with van der Waals surface area (Å²) < 4.78 is 10.6. The van der Waals surface area contributed by atoms with E-state index in [0.29, 0.717) is 18.8 Å². The largest absolute Gasteiger partial charge is 0.491 e. The van der Waals surface area contributed by atoms with Crippen molar-refractivity contribution in [3.63, 3.8) is 0 Å². The minimum Gasteiger partial charge on any atom is -0.491 e. The highest BCUT2D eigenvalue weighted by molar-refractivity contribution is 6.02. The van der Waals surface area contributed by atoms with Crippen LogP contribution in [0.5, 0.6) is 5.75 Å². The monoisotopic (exact) mass is 326 g/mol. The lowest BCUT2D eigenvalue weighted by atomic mass is 9.94. The van der Waals surface area contributed by atoms with Crippen molar-refractivity contribution in [2.45, 2.75) is 12.6 Å². The van der Waals surface area contributed by atoms with E-state index in [4.69, 9.17) is 9.47 Å². The van der Waals surface area contributed by atoms with E-state index in [1.54, 1.807) is 12.0 Å². The molecule has 0 spiro atoms. The second kappa shape index (κ2) is 6.53. The molecular weight excluding hydrogens is 304 g/mol. The van der Waals surface area contributed by atoms with Gasteiger partial charge in [-0.15, -0.1) is 0 Å². The summed E-state index contributed by atoms with van der Waals surface area (Å²) in [4.78, 5) is 14.4. The van der Waals surface area contributed by atoms with E-state index in [0.717, 1.165) is 17.0 Å². The average Bonchev–Trinajstić information content (AvgIpc) is 2.61. The molecule has 1 heterocycles. The van der Waals surface area contributed by atoms with Crippen molar-refractivity contribution >= 4 is 11.6 Å². The maximum Gasteiger partial charge on any atom is 0.257 e. The molecule has 0 saturated carbocycles. The van der Waals surface area contributed by atoms with Gasteiger partial charge >= 0.3 is 0 Å². The summed E-state index contributed by atoms with van der Waals surface area (Å²) in [5.74, 6) is 0.789. The first-order valence-electron chi connectivity index (χ1n) is 7.94. The minimum atomic E-state index is -0.615. The van der Waals surface area contributed by atoms with E-state index in [-0.39, 0.29) is 5.91 Å². The normalized spacial score (nSPS) is 19.6. The van der Waals surface area contributed by atoms with Crippen molar-refractivity contribution in [3.05, 3.63) is 59.7 Å². The van der Waals surface area contributed by atoms with Gasteiger partial charge < -0.3 is 19.7 Å². The molecule has 0 fully saturated rings. The van der Waals surface area contributed by atoms with Crippen molar-refractivity contribution in [2.24, 2.45) is 0 Å². The van der Waals surface area contributed by atoms with Crippen molar-refractivity contribution < 1.29 is 14.3 Å². The Hall–Kier alpha value is -2.53. The van der Waals surface area contributed by atoms with Gasteiger partial charge in [-0.05, 0) is 36.8 Å². The molecule has 1 aliphatic heterocycles. The molecule has 2 aromatic carbocycles. The number of fused-ring (bicyclic) bond motifs is 1. The Labute approximate surface area is 142 Å². The Balaban J connectivity index is 1.86. The highest BCUT2D eigenvalue weighted by Crippen LogP contribution is 2.37. The number of amides is 1. The van der Waals surface area contributed by atoms with Crippen LogP contribution in [0.4, 0.5) is 5.69 Å². The number of hydrogen-bond acceptors (Lipinski definition) is 4. The number of methoxy groups -OCH3 is 1. The van der Waals surface area contributed by atoms with E-state index in [1.165, 1.54) is 0 Å². The molecule has 0 saturated heterocycles. The fraction of sp³-hybridized carbons (Fsp3) is 0.316. The Morgan fingerprint density at radius 1 is 1.08 bits per heavy atom. The SMILES string of the molecule is COCCOc1ccc(C2(C)Nc3ccccc3C(=O)N2C)cc1. The van der Waals surface area contributed by atoms with Gasteiger partial charge in [0.15, 0.2) is 0 Å². The van der Waals surface area contributed by atoms with Crippen LogP contribution in [0.15, 0.2) is 48.5 Å². The standard InChI is InChI=1S/C19H22N2O3/c1-19(14-8-10-15(11-9-14)24-13-12-23-3)20-17-7-5-4-6-16(17)18(22)21(19)2/h4-11,20H,12-13H2,1-3H3. The molecule has 5 nitrogen and oxygen atoms in total. The van der Waals surface area contributed by atoms with Crippen LogP contribution in [0.25, 0.3) is 0 Å². The van der Waals surface area contributed by atoms with Gasteiger partial charge in [0.1, 0.15) is 18.0 Å². The van der Waals surface area contributed by atoms with Gasteiger partial charge in [0.25, 0.3) is 5.91 Å². The molecule has 1 unspecified atom stereocenters. The molecule has 126 valence electrons. The second-order valence-corrected chi connectivity index (χ2v) is 5.97. The number of nitrogens with one attached hydrogen (secondary N) is 1. The average molecular weight is 326 g/mol. The highest BCUT2D eigenvalue weighted by atomic mass is 16.5. The van der Waals surface area contributed by atoms with Gasteiger partial charge in [-0.25, -0.2) is 0 Å². The number of benzene rings is 2. The maximum atomic E-state index is 12.7. The van der Waals surface area contributed by atoms with Crippen LogP contribution in [-0.2, 0) is 10.4 Å². The number of para-hydroxylation sites is 1. The molecule has 0 aliphatic carbocycles. The second-order valence-electron chi connectivity index (χ2n) is 5.97. The number of hydrogen-bond donors (Lipinski definition) is 1. The molecule has 0 radical (unpaired) electrons. The quantitative estimate of drug-likeness (QED) is 0.858. The Bertz CT molecular complexity index is 730. The fourth-order valence-electron chi connectivity index (χ4n) is 2.89. The van der Waals surface area contributed by atoms with Crippen LogP contribution < -0.4 is 10.1 Å². The number of anilines is 1. The maximum absolute atomic E-state index is 12.7. The van der Waals surface area contributed by atoms with Crippen LogP contribution >= 0.6 is 0 Å². The third-order valence-corrected chi connectivity index (χ3v) is 4.48. The third-order valence-electron chi connectivity index (χ3n) is 4.48. The van der Waals surface area contributed by atoms with Crippen molar-refractivity contribution in [1.82, 2.24) is 4.90 Å². The first-order valence-corrected chi connectivity index (χ1v) is 7.94. The zero-order valence-corrected chi connectivity index (χ0v) is 14.2. The summed E-state index contributed by atoms with van der Waals surface area (Å²) in [6.07, 6.45) is 0. The highest BCUT2D eigenvalue weighted by Gasteiger charge is 2.40. The molecule has 3 rings (SSSR count). The van der Waals surface area contributed by atoms with Gasteiger partial charge in [-0.2, -0.15) is 0 Å². The Morgan fingerprint density at radius 2 is 1.79 bits per heavy atom. The van der Waals surface area contributed by atoms with Crippen molar-refractivity contribution in [2.75, 3.05) is 32.7 Å². The van der Waals surface area contributed by atoms with Crippen molar-refractivity contribution in [1.29, 1.82) is 0 Å². The fourth-order valence-corrected chi connectivity index (χ4v) is 2.89. The van der Waals surface area contributed by atoms with Crippen LogP contribution in [0.3, 0.4) is 0 Å². The Kier molecular flexibility index (Phi) is 4.44. The van der Waals surface area contributed by atoms with E-state index in [2.05, 4.69) is 5.32 Å². The molecule has 5 heteroatoms. The van der Waals surface area contributed by atoms with Crippen LogP contribution in [0, 0.1) is 0 Å². The molecular formula is C19H22N2O3. The third kappa shape index (κ3) is 2.83. The molecule has 1 N–H and O–H groups in total. The van der Waals surface area contributed by atoms with E-state index in [9.17, 15) is 4.79 Å². The van der Waals surface area contributed by atoms with E-state index >= 15 is 0 Å². The van der Waals surface area contributed by atoms with Crippen LogP contribution in [0.2, 0.25) is 0 Å². The van der Waals surface area contributed by atoms with Gasteiger partial charge in [0.2, 0.25) is 0 Å². The summed E-state index contributed by atoms with van der Waals surface area (Å²) >= 11 is 0. The lowest BCUT2D eigenvalue weighted by Gasteiger charge is -2.44. The zero-order valence-electron chi connectivity index (χ0n) is 14.2. The summed E-state index contributed by atoms with van der Waals surface area (Å²) in [7, 11) is 3.46. The summed E-state index contributed by atoms with van der Waals surface area (Å²) in [5.41, 5.74) is 1.92. The van der Waals surface area contributed by atoms with Gasteiger partial charge in [0, 0.05) is 19.8 Å². The summed E-state index contributed by atoms with van der Waals surface area (Å²) in [5, 5.41) is 3.49. The topological polar surface area (TPSA) is 50.8 Å². The first-order chi connectivity index (χ1) is 11.6. The lowest BCUT2D eigenvalue weighted by Crippen LogP contribution is -2.53. The molecule has 1 aliphatic rings. The van der Waals surface area contributed by atoms with Gasteiger partial charge in [-0.1, -0.05) is 24.3 Å². The molecule has 1 amide bonds. The smallest absolute Gasteiger partial charge is 0.257 e. The van der Waals surface area contributed by atoms with E-state index < -0.39 is 5.66 Å². The predicted molar refractivity (Wildman–Crippen MR) is 93.3 cm³/mol. The number of rotatable bonds is 5. The zero-order chi connectivity index (χ0) is 17.2. The minimum absolute atomic E-state index is 0.00673. The van der Waals surface area contributed by atoms with Gasteiger partial charge in [0.05, 0.1) is 12.2 Å². The summed E-state index contributed by atoms with van der Waals surface area (Å²) in [6, 6.07) is 15.4. The first kappa shape index (κ1) is 16.3. The molecule has 0 aromatic heterocycles. The van der Waals surface area contributed by atoms with Crippen LogP contribution in [-0.4, -0.2) is 38.2 Å². The number of carbonyl (C=O) groups excluding carboxylic acids is 1. The number of ether oxygens (including phenoxy) is 2. The Morgan fingerprint density at radius 3 is 2.50 bits per heavy atom. The molecule has 0 bridgehead atoms. The molecule has 2 aromatic rings. The predicted octanol–water partition coefficient (Wildman–Crippen LogP) is 3.08.